The topological polar surface area (TPSA) is 52.3 Å². The zero-order chi connectivity index (χ0) is 10.7. The van der Waals surface area contributed by atoms with E-state index >= 15 is 0 Å². The Morgan fingerprint density at radius 1 is 1.33 bits per heavy atom. The smallest absolute Gasteiger partial charge is 0.313 e. The lowest BCUT2D eigenvalue weighted by Gasteiger charge is -2.24. The Labute approximate surface area is 91.4 Å². The predicted octanol–water partition coefficient (Wildman–Crippen LogP) is 1.85. The number of hydrogen-bond acceptors (Lipinski definition) is 3. The molecule has 3 nitrogen and oxygen atoms in total. The highest BCUT2D eigenvalue weighted by Crippen LogP contribution is 2.38. The summed E-state index contributed by atoms with van der Waals surface area (Å²) in [5.74, 6) is 0.790. The van der Waals surface area contributed by atoms with E-state index in [-0.39, 0.29) is 11.4 Å². The average molecular weight is 211 g/mol. The molecule has 0 radical (unpaired) electrons. The van der Waals surface area contributed by atoms with Gasteiger partial charge in [0.2, 0.25) is 0 Å². The highest BCUT2D eigenvalue weighted by atomic mass is 16.5. The van der Waals surface area contributed by atoms with E-state index in [4.69, 9.17) is 10.5 Å². The van der Waals surface area contributed by atoms with Gasteiger partial charge in [-0.15, -0.1) is 0 Å². The lowest BCUT2D eigenvalue weighted by molar-refractivity contribution is -0.155. The molecule has 0 atom stereocenters. The monoisotopic (exact) mass is 211 g/mol. The summed E-state index contributed by atoms with van der Waals surface area (Å²) in [4.78, 5) is 11.9. The van der Waals surface area contributed by atoms with Crippen molar-refractivity contribution < 1.29 is 9.53 Å². The normalized spacial score (nSPS) is 24.1. The fourth-order valence-corrected chi connectivity index (χ4v) is 2.42. The first-order chi connectivity index (χ1) is 7.27. The van der Waals surface area contributed by atoms with Gasteiger partial charge in [-0.25, -0.2) is 0 Å². The fraction of sp³-hybridized carbons (Fsp3) is 0.917. The maximum atomic E-state index is 11.9. The molecule has 2 fully saturated rings. The summed E-state index contributed by atoms with van der Waals surface area (Å²) in [6.07, 6.45) is 7.77. The van der Waals surface area contributed by atoms with Gasteiger partial charge >= 0.3 is 5.97 Å². The average Bonchev–Trinajstić information content (AvgIpc) is 2.94. The summed E-state index contributed by atoms with van der Waals surface area (Å²) in [6.45, 7) is 1.06. The van der Waals surface area contributed by atoms with Gasteiger partial charge in [0.1, 0.15) is 0 Å². The number of hydrogen-bond donors (Lipinski definition) is 1. The van der Waals surface area contributed by atoms with E-state index in [9.17, 15) is 4.79 Å². The second kappa shape index (κ2) is 4.52. The third kappa shape index (κ3) is 2.51. The van der Waals surface area contributed by atoms with E-state index < -0.39 is 0 Å². The van der Waals surface area contributed by atoms with Gasteiger partial charge in [-0.3, -0.25) is 4.79 Å². The van der Waals surface area contributed by atoms with Crippen molar-refractivity contribution in [2.45, 2.75) is 44.9 Å². The van der Waals surface area contributed by atoms with Crippen LogP contribution in [0.1, 0.15) is 44.9 Å². The zero-order valence-corrected chi connectivity index (χ0v) is 9.34. The van der Waals surface area contributed by atoms with Gasteiger partial charge in [-0.2, -0.15) is 0 Å². The molecule has 0 aromatic heterocycles. The van der Waals surface area contributed by atoms with Crippen LogP contribution in [0.15, 0.2) is 0 Å². The molecule has 0 spiro atoms. The first-order valence-corrected chi connectivity index (χ1v) is 6.14. The van der Waals surface area contributed by atoms with Crippen molar-refractivity contribution in [1.82, 2.24) is 0 Å². The second-order valence-corrected chi connectivity index (χ2v) is 5.06. The summed E-state index contributed by atoms with van der Waals surface area (Å²) in [5, 5.41) is 0. The molecule has 3 heteroatoms. The van der Waals surface area contributed by atoms with Gasteiger partial charge in [-0.05, 0) is 25.2 Å². The van der Waals surface area contributed by atoms with Gasteiger partial charge < -0.3 is 10.5 Å². The second-order valence-electron chi connectivity index (χ2n) is 5.06. The van der Waals surface area contributed by atoms with E-state index in [0.29, 0.717) is 13.2 Å². The molecule has 2 aliphatic rings. The lowest BCUT2D eigenvalue weighted by atomic mass is 9.86. The van der Waals surface area contributed by atoms with E-state index in [1.165, 1.54) is 12.8 Å². The highest BCUT2D eigenvalue weighted by molar-refractivity contribution is 5.77. The Morgan fingerprint density at radius 2 is 2.00 bits per heavy atom. The van der Waals surface area contributed by atoms with Crippen molar-refractivity contribution in [2.75, 3.05) is 13.2 Å². The summed E-state index contributed by atoms with van der Waals surface area (Å²) >= 11 is 0. The van der Waals surface area contributed by atoms with E-state index in [0.717, 1.165) is 38.0 Å². The van der Waals surface area contributed by atoms with Crippen molar-refractivity contribution >= 4 is 5.97 Å². The molecule has 0 aromatic rings. The van der Waals surface area contributed by atoms with Crippen LogP contribution in [0, 0.1) is 11.3 Å². The minimum Gasteiger partial charge on any atom is -0.465 e. The molecule has 0 bridgehead atoms. The molecule has 2 saturated carbocycles. The van der Waals surface area contributed by atoms with Crippen LogP contribution in [-0.2, 0) is 9.53 Å². The number of rotatable bonds is 5. The third-order valence-corrected chi connectivity index (χ3v) is 3.84. The van der Waals surface area contributed by atoms with Crippen LogP contribution in [0.3, 0.4) is 0 Å². The summed E-state index contributed by atoms with van der Waals surface area (Å²) in [7, 11) is 0. The molecule has 86 valence electrons. The summed E-state index contributed by atoms with van der Waals surface area (Å²) < 4.78 is 5.35. The Kier molecular flexibility index (Phi) is 3.29. The quantitative estimate of drug-likeness (QED) is 0.706. The van der Waals surface area contributed by atoms with Gasteiger partial charge in [0.15, 0.2) is 0 Å². The predicted molar refractivity (Wildman–Crippen MR) is 58.3 cm³/mol. The SMILES string of the molecule is NCC1(C(=O)OCCC2CC2)CCCC1. The minimum atomic E-state index is -0.330. The van der Waals surface area contributed by atoms with E-state index in [2.05, 4.69) is 0 Å². The molecule has 2 aliphatic carbocycles. The van der Waals surface area contributed by atoms with Crippen LogP contribution in [0.4, 0.5) is 0 Å². The van der Waals surface area contributed by atoms with E-state index in [1.54, 1.807) is 0 Å². The molecule has 0 unspecified atom stereocenters. The molecule has 0 aliphatic heterocycles. The minimum absolute atomic E-state index is 0.0387. The van der Waals surface area contributed by atoms with Crippen molar-refractivity contribution in [2.24, 2.45) is 17.1 Å². The standard InChI is InChI=1S/C12H21NO2/c13-9-12(6-1-2-7-12)11(14)15-8-5-10-3-4-10/h10H,1-9,13H2. The maximum absolute atomic E-state index is 11.9. The molecule has 2 rings (SSSR count). The molecular weight excluding hydrogens is 190 g/mol. The van der Waals surface area contributed by atoms with E-state index in [1.807, 2.05) is 0 Å². The molecule has 0 aromatic carbocycles. The maximum Gasteiger partial charge on any atom is 0.313 e. The Morgan fingerprint density at radius 3 is 2.53 bits per heavy atom. The van der Waals surface area contributed by atoms with Crippen molar-refractivity contribution in [1.29, 1.82) is 0 Å². The molecular formula is C12H21NO2. The summed E-state index contributed by atoms with van der Waals surface area (Å²) in [6, 6.07) is 0. The molecule has 0 heterocycles. The van der Waals surface area contributed by atoms with Gasteiger partial charge in [0.05, 0.1) is 12.0 Å². The van der Waals surface area contributed by atoms with Crippen LogP contribution in [0.25, 0.3) is 0 Å². The van der Waals surface area contributed by atoms with Gasteiger partial charge in [0, 0.05) is 6.54 Å². The Bertz CT molecular complexity index is 230. The number of ether oxygens (including phenoxy) is 1. The van der Waals surface area contributed by atoms with Crippen LogP contribution < -0.4 is 5.73 Å². The number of carbonyl (C=O) groups excluding carboxylic acids is 1. The largest absolute Gasteiger partial charge is 0.465 e. The molecule has 0 saturated heterocycles. The van der Waals surface area contributed by atoms with Crippen LogP contribution in [-0.4, -0.2) is 19.1 Å². The van der Waals surface area contributed by atoms with Gasteiger partial charge in [-0.1, -0.05) is 25.7 Å². The van der Waals surface area contributed by atoms with Gasteiger partial charge in [0.25, 0.3) is 0 Å². The number of nitrogens with two attached hydrogens (primary N) is 1. The van der Waals surface area contributed by atoms with Crippen molar-refractivity contribution in [3.8, 4) is 0 Å². The van der Waals surface area contributed by atoms with Crippen molar-refractivity contribution in [3.05, 3.63) is 0 Å². The first-order valence-electron chi connectivity index (χ1n) is 6.14. The highest BCUT2D eigenvalue weighted by Gasteiger charge is 2.41. The molecule has 2 N–H and O–H groups in total. The third-order valence-electron chi connectivity index (χ3n) is 3.84. The Balaban J connectivity index is 1.76. The van der Waals surface area contributed by atoms with Crippen LogP contribution >= 0.6 is 0 Å². The lowest BCUT2D eigenvalue weighted by Crippen LogP contribution is -2.37. The number of carbonyl (C=O) groups is 1. The molecule has 0 amide bonds. The number of esters is 1. The summed E-state index contributed by atoms with van der Waals surface area (Å²) in [5.41, 5.74) is 5.38. The van der Waals surface area contributed by atoms with Crippen molar-refractivity contribution in [3.63, 3.8) is 0 Å². The van der Waals surface area contributed by atoms with Crippen LogP contribution in [0.2, 0.25) is 0 Å². The molecule has 15 heavy (non-hydrogen) atoms. The fourth-order valence-electron chi connectivity index (χ4n) is 2.42. The van der Waals surface area contributed by atoms with Crippen LogP contribution in [0.5, 0.6) is 0 Å². The first kappa shape index (κ1) is 10.9. The zero-order valence-electron chi connectivity index (χ0n) is 9.34. The Hall–Kier alpha value is -0.570.